The van der Waals surface area contributed by atoms with Crippen LogP contribution in [0.1, 0.15) is 42.6 Å². The number of rotatable bonds is 4. The Morgan fingerprint density at radius 1 is 1.24 bits per heavy atom. The van der Waals surface area contributed by atoms with Crippen LogP contribution in [0.5, 0.6) is 0 Å². The molecule has 0 N–H and O–H groups in total. The Bertz CT molecular complexity index is 523. The Labute approximate surface area is 126 Å². The molecule has 0 aromatic heterocycles. The summed E-state index contributed by atoms with van der Waals surface area (Å²) in [5, 5.41) is 0. The SMILES string of the molecule is CCN(CC)C(=O)[C@@H]1CCCN1C(=O)c1ccccc1C. The van der Waals surface area contributed by atoms with Crippen molar-refractivity contribution in [3.8, 4) is 0 Å². The van der Waals surface area contributed by atoms with Crippen LogP contribution in [0.4, 0.5) is 0 Å². The summed E-state index contributed by atoms with van der Waals surface area (Å²) >= 11 is 0. The minimum Gasteiger partial charge on any atom is -0.341 e. The maximum Gasteiger partial charge on any atom is 0.254 e. The molecule has 4 heteroatoms. The van der Waals surface area contributed by atoms with Gasteiger partial charge >= 0.3 is 0 Å². The number of likely N-dealkylation sites (tertiary alicyclic amines) is 1. The summed E-state index contributed by atoms with van der Waals surface area (Å²) in [5.41, 5.74) is 1.67. The minimum atomic E-state index is -0.294. The van der Waals surface area contributed by atoms with Gasteiger partial charge < -0.3 is 9.80 Å². The summed E-state index contributed by atoms with van der Waals surface area (Å²) in [6, 6.07) is 7.28. The summed E-state index contributed by atoms with van der Waals surface area (Å²) in [6.45, 7) is 7.94. The average molecular weight is 288 g/mol. The van der Waals surface area contributed by atoms with Crippen LogP contribution in [-0.2, 0) is 4.79 Å². The standard InChI is InChI=1S/C17H24N2O2/c1-4-18(5-2)17(21)15-11-8-12-19(15)16(20)14-10-7-6-9-13(14)3/h6-7,9-10,15H,4-5,8,11-12H2,1-3H3/t15-/m0/s1. The molecule has 1 saturated heterocycles. The van der Waals surface area contributed by atoms with Crippen molar-refractivity contribution in [2.24, 2.45) is 0 Å². The van der Waals surface area contributed by atoms with E-state index in [-0.39, 0.29) is 17.9 Å². The summed E-state index contributed by atoms with van der Waals surface area (Å²) in [4.78, 5) is 28.9. The number of hydrogen-bond acceptors (Lipinski definition) is 2. The largest absolute Gasteiger partial charge is 0.341 e. The molecule has 2 amide bonds. The molecule has 1 heterocycles. The maximum atomic E-state index is 12.7. The van der Waals surface area contributed by atoms with Gasteiger partial charge in [0.25, 0.3) is 5.91 Å². The van der Waals surface area contributed by atoms with Gasteiger partial charge in [-0.2, -0.15) is 0 Å². The molecular formula is C17H24N2O2. The topological polar surface area (TPSA) is 40.6 Å². The van der Waals surface area contributed by atoms with Gasteiger partial charge in [0.1, 0.15) is 6.04 Å². The minimum absolute atomic E-state index is 0.0175. The molecule has 21 heavy (non-hydrogen) atoms. The molecule has 0 aliphatic carbocycles. The molecule has 1 aromatic carbocycles. The molecule has 1 aliphatic rings. The zero-order chi connectivity index (χ0) is 15.4. The average Bonchev–Trinajstić information content (AvgIpc) is 2.97. The zero-order valence-corrected chi connectivity index (χ0v) is 13.1. The first-order valence-corrected chi connectivity index (χ1v) is 7.75. The van der Waals surface area contributed by atoms with Crippen LogP contribution in [0.2, 0.25) is 0 Å². The van der Waals surface area contributed by atoms with Crippen LogP contribution in [0.3, 0.4) is 0 Å². The van der Waals surface area contributed by atoms with Gasteiger partial charge in [-0.05, 0) is 45.2 Å². The first-order chi connectivity index (χ1) is 10.1. The van der Waals surface area contributed by atoms with Gasteiger partial charge in [0.2, 0.25) is 5.91 Å². The second-order valence-electron chi connectivity index (χ2n) is 5.48. The van der Waals surface area contributed by atoms with Crippen LogP contribution in [0.15, 0.2) is 24.3 Å². The maximum absolute atomic E-state index is 12.7. The number of carbonyl (C=O) groups is 2. The molecule has 1 aliphatic heterocycles. The van der Waals surface area contributed by atoms with Crippen molar-refractivity contribution in [2.45, 2.75) is 39.7 Å². The van der Waals surface area contributed by atoms with Gasteiger partial charge in [0, 0.05) is 25.2 Å². The second-order valence-corrected chi connectivity index (χ2v) is 5.48. The Morgan fingerprint density at radius 3 is 2.52 bits per heavy atom. The molecular weight excluding hydrogens is 264 g/mol. The second kappa shape index (κ2) is 6.74. The first-order valence-electron chi connectivity index (χ1n) is 7.75. The lowest BCUT2D eigenvalue weighted by Crippen LogP contribution is -2.47. The van der Waals surface area contributed by atoms with Crippen LogP contribution >= 0.6 is 0 Å². The summed E-state index contributed by atoms with van der Waals surface area (Å²) < 4.78 is 0. The van der Waals surface area contributed by atoms with Crippen LogP contribution in [0, 0.1) is 6.92 Å². The Kier molecular flexibility index (Phi) is 4.99. The predicted octanol–water partition coefficient (Wildman–Crippen LogP) is 2.47. The Morgan fingerprint density at radius 2 is 1.90 bits per heavy atom. The van der Waals surface area contributed by atoms with Gasteiger partial charge in [-0.15, -0.1) is 0 Å². The van der Waals surface area contributed by atoms with E-state index in [1.807, 2.05) is 49.9 Å². The summed E-state index contributed by atoms with van der Waals surface area (Å²) in [5.74, 6) is 0.0653. The fourth-order valence-corrected chi connectivity index (χ4v) is 2.98. The third-order valence-electron chi connectivity index (χ3n) is 4.25. The van der Waals surface area contributed by atoms with Crippen molar-refractivity contribution in [3.63, 3.8) is 0 Å². The van der Waals surface area contributed by atoms with Gasteiger partial charge in [0.15, 0.2) is 0 Å². The molecule has 2 rings (SSSR count). The fraction of sp³-hybridized carbons (Fsp3) is 0.529. The van der Waals surface area contributed by atoms with E-state index in [1.54, 1.807) is 4.90 Å². The van der Waals surface area contributed by atoms with Crippen LogP contribution in [-0.4, -0.2) is 47.3 Å². The number of nitrogens with zero attached hydrogens (tertiary/aromatic N) is 2. The third kappa shape index (κ3) is 3.09. The highest BCUT2D eigenvalue weighted by molar-refractivity contribution is 5.99. The number of likely N-dealkylation sites (N-methyl/N-ethyl adjacent to an activating group) is 1. The molecule has 0 spiro atoms. The van der Waals surface area contributed by atoms with Gasteiger partial charge in [-0.1, -0.05) is 18.2 Å². The molecule has 4 nitrogen and oxygen atoms in total. The fourth-order valence-electron chi connectivity index (χ4n) is 2.98. The lowest BCUT2D eigenvalue weighted by Gasteiger charge is -2.29. The highest BCUT2D eigenvalue weighted by atomic mass is 16.2. The molecule has 0 bridgehead atoms. The predicted molar refractivity (Wildman–Crippen MR) is 83.2 cm³/mol. The quantitative estimate of drug-likeness (QED) is 0.854. The number of hydrogen-bond donors (Lipinski definition) is 0. The van der Waals surface area contributed by atoms with E-state index in [0.29, 0.717) is 25.2 Å². The van der Waals surface area contributed by atoms with E-state index in [1.165, 1.54) is 0 Å². The molecule has 0 radical (unpaired) electrons. The van der Waals surface area contributed by atoms with Crippen molar-refractivity contribution < 1.29 is 9.59 Å². The smallest absolute Gasteiger partial charge is 0.254 e. The Hall–Kier alpha value is -1.84. The van der Waals surface area contributed by atoms with E-state index in [4.69, 9.17) is 0 Å². The van der Waals surface area contributed by atoms with E-state index in [9.17, 15) is 9.59 Å². The van der Waals surface area contributed by atoms with Gasteiger partial charge in [-0.3, -0.25) is 9.59 Å². The molecule has 1 aromatic rings. The van der Waals surface area contributed by atoms with E-state index in [2.05, 4.69) is 0 Å². The van der Waals surface area contributed by atoms with E-state index >= 15 is 0 Å². The van der Waals surface area contributed by atoms with Crippen molar-refractivity contribution in [1.29, 1.82) is 0 Å². The summed E-state index contributed by atoms with van der Waals surface area (Å²) in [7, 11) is 0. The van der Waals surface area contributed by atoms with Crippen molar-refractivity contribution in [2.75, 3.05) is 19.6 Å². The zero-order valence-electron chi connectivity index (χ0n) is 13.1. The highest BCUT2D eigenvalue weighted by Gasteiger charge is 2.36. The van der Waals surface area contributed by atoms with Crippen LogP contribution in [0.25, 0.3) is 0 Å². The number of amides is 2. The van der Waals surface area contributed by atoms with Crippen molar-refractivity contribution >= 4 is 11.8 Å². The van der Waals surface area contributed by atoms with Crippen LogP contribution < -0.4 is 0 Å². The number of benzene rings is 1. The van der Waals surface area contributed by atoms with Crippen molar-refractivity contribution in [3.05, 3.63) is 35.4 Å². The van der Waals surface area contributed by atoms with E-state index < -0.39 is 0 Å². The highest BCUT2D eigenvalue weighted by Crippen LogP contribution is 2.23. The number of aryl methyl sites for hydroxylation is 1. The third-order valence-corrected chi connectivity index (χ3v) is 4.25. The molecule has 1 atom stereocenters. The first kappa shape index (κ1) is 15.5. The normalized spacial score (nSPS) is 17.9. The molecule has 114 valence electrons. The van der Waals surface area contributed by atoms with Gasteiger partial charge in [0.05, 0.1) is 0 Å². The molecule has 0 saturated carbocycles. The number of carbonyl (C=O) groups excluding carboxylic acids is 2. The lowest BCUT2D eigenvalue weighted by molar-refractivity contribution is -0.134. The molecule has 1 fully saturated rings. The van der Waals surface area contributed by atoms with Gasteiger partial charge in [-0.25, -0.2) is 0 Å². The lowest BCUT2D eigenvalue weighted by atomic mass is 10.1. The monoisotopic (exact) mass is 288 g/mol. The molecule has 0 unspecified atom stereocenters. The Balaban J connectivity index is 2.21. The van der Waals surface area contributed by atoms with E-state index in [0.717, 1.165) is 18.4 Å². The summed E-state index contributed by atoms with van der Waals surface area (Å²) in [6.07, 6.45) is 1.67. The van der Waals surface area contributed by atoms with Crippen molar-refractivity contribution in [1.82, 2.24) is 9.80 Å².